The van der Waals surface area contributed by atoms with Gasteiger partial charge in [0.15, 0.2) is 0 Å². The standard InChI is InChI=1S/C15H18N2O2S/c1-3-7-19-14-5-4-11(9-12(14)16)13-10-20-15(17-13)6-8-18-2/h3-5,9-10H,1,6-8,16H2,2H3. The van der Waals surface area contributed by atoms with E-state index in [1.807, 2.05) is 23.6 Å². The van der Waals surface area contributed by atoms with Crippen molar-refractivity contribution >= 4 is 17.0 Å². The van der Waals surface area contributed by atoms with E-state index in [0.717, 1.165) is 22.7 Å². The molecule has 20 heavy (non-hydrogen) atoms. The predicted octanol–water partition coefficient (Wildman–Crippen LogP) is 3.15. The lowest BCUT2D eigenvalue weighted by Crippen LogP contribution is -1.98. The molecule has 2 rings (SSSR count). The van der Waals surface area contributed by atoms with Crippen LogP contribution in [0.3, 0.4) is 0 Å². The number of hydrogen-bond donors (Lipinski definition) is 1. The number of nitrogen functional groups attached to an aromatic ring is 1. The summed E-state index contributed by atoms with van der Waals surface area (Å²) >= 11 is 1.63. The Balaban J connectivity index is 2.14. The minimum atomic E-state index is 0.446. The molecule has 0 fully saturated rings. The molecule has 0 atom stereocenters. The Morgan fingerprint density at radius 1 is 1.45 bits per heavy atom. The molecular weight excluding hydrogens is 272 g/mol. The van der Waals surface area contributed by atoms with Crippen LogP contribution in [-0.2, 0) is 11.2 Å². The van der Waals surface area contributed by atoms with E-state index < -0.39 is 0 Å². The van der Waals surface area contributed by atoms with Gasteiger partial charge in [-0.1, -0.05) is 12.7 Å². The molecule has 0 saturated heterocycles. The zero-order valence-corrected chi connectivity index (χ0v) is 12.3. The molecule has 5 heteroatoms. The van der Waals surface area contributed by atoms with Crippen LogP contribution in [-0.4, -0.2) is 25.3 Å². The van der Waals surface area contributed by atoms with Crippen molar-refractivity contribution in [3.05, 3.63) is 41.2 Å². The summed E-state index contributed by atoms with van der Waals surface area (Å²) < 4.78 is 10.5. The van der Waals surface area contributed by atoms with E-state index in [9.17, 15) is 0 Å². The van der Waals surface area contributed by atoms with E-state index in [-0.39, 0.29) is 0 Å². The molecule has 0 spiro atoms. The molecule has 0 radical (unpaired) electrons. The van der Waals surface area contributed by atoms with Crippen molar-refractivity contribution in [2.24, 2.45) is 0 Å². The number of hydrogen-bond acceptors (Lipinski definition) is 5. The van der Waals surface area contributed by atoms with Crippen LogP contribution in [0.1, 0.15) is 5.01 Å². The van der Waals surface area contributed by atoms with Crippen LogP contribution in [0.4, 0.5) is 5.69 Å². The monoisotopic (exact) mass is 290 g/mol. The molecule has 0 aliphatic carbocycles. The SMILES string of the molecule is C=CCOc1ccc(-c2csc(CCOC)n2)cc1N. The minimum Gasteiger partial charge on any atom is -0.487 e. The minimum absolute atomic E-state index is 0.446. The van der Waals surface area contributed by atoms with Crippen LogP contribution >= 0.6 is 11.3 Å². The quantitative estimate of drug-likeness (QED) is 0.628. The van der Waals surface area contributed by atoms with Crippen molar-refractivity contribution in [1.29, 1.82) is 0 Å². The van der Waals surface area contributed by atoms with Crippen LogP contribution in [0.2, 0.25) is 0 Å². The molecule has 0 unspecified atom stereocenters. The second-order valence-corrected chi connectivity index (χ2v) is 5.16. The van der Waals surface area contributed by atoms with E-state index in [1.165, 1.54) is 0 Å². The third-order valence-corrected chi connectivity index (χ3v) is 3.64. The van der Waals surface area contributed by atoms with E-state index in [1.54, 1.807) is 24.5 Å². The van der Waals surface area contributed by atoms with Crippen LogP contribution in [0, 0.1) is 0 Å². The van der Waals surface area contributed by atoms with Crippen molar-refractivity contribution in [1.82, 2.24) is 4.98 Å². The van der Waals surface area contributed by atoms with Crippen LogP contribution in [0.5, 0.6) is 5.75 Å². The van der Waals surface area contributed by atoms with Gasteiger partial charge in [-0.15, -0.1) is 11.3 Å². The molecule has 4 nitrogen and oxygen atoms in total. The molecule has 0 saturated carbocycles. The number of rotatable bonds is 7. The normalized spacial score (nSPS) is 10.4. The molecule has 2 aromatic rings. The highest BCUT2D eigenvalue weighted by Crippen LogP contribution is 2.29. The smallest absolute Gasteiger partial charge is 0.142 e. The molecule has 106 valence electrons. The van der Waals surface area contributed by atoms with E-state index in [0.29, 0.717) is 24.7 Å². The molecule has 2 N–H and O–H groups in total. The number of nitrogens with zero attached hydrogens (tertiary/aromatic N) is 1. The van der Waals surface area contributed by atoms with Gasteiger partial charge >= 0.3 is 0 Å². The lowest BCUT2D eigenvalue weighted by molar-refractivity contribution is 0.202. The maximum atomic E-state index is 5.98. The number of anilines is 1. The molecule has 1 heterocycles. The molecular formula is C15H18N2O2S. The van der Waals surface area contributed by atoms with Crippen molar-refractivity contribution in [3.8, 4) is 17.0 Å². The summed E-state index contributed by atoms with van der Waals surface area (Å²) in [6.45, 7) is 4.74. The summed E-state index contributed by atoms with van der Waals surface area (Å²) in [7, 11) is 1.69. The second-order valence-electron chi connectivity index (χ2n) is 4.22. The first-order valence-corrected chi connectivity index (χ1v) is 7.19. The largest absolute Gasteiger partial charge is 0.487 e. The highest BCUT2D eigenvalue weighted by Gasteiger charge is 2.07. The van der Waals surface area contributed by atoms with E-state index >= 15 is 0 Å². The molecule has 0 aliphatic heterocycles. The summed E-state index contributed by atoms with van der Waals surface area (Å²) in [6.07, 6.45) is 2.52. The first-order chi connectivity index (χ1) is 9.74. The average molecular weight is 290 g/mol. The molecule has 0 aliphatic rings. The van der Waals surface area contributed by atoms with Gasteiger partial charge in [0.05, 0.1) is 23.0 Å². The van der Waals surface area contributed by atoms with Gasteiger partial charge in [0.1, 0.15) is 12.4 Å². The third-order valence-electron chi connectivity index (χ3n) is 2.73. The second kappa shape index (κ2) is 7.07. The number of benzene rings is 1. The number of thiazole rings is 1. The number of nitrogens with two attached hydrogens (primary N) is 1. The number of aromatic nitrogens is 1. The Bertz CT molecular complexity index is 581. The van der Waals surface area contributed by atoms with Gasteiger partial charge in [0, 0.05) is 24.5 Å². The number of ether oxygens (including phenoxy) is 2. The first-order valence-electron chi connectivity index (χ1n) is 6.31. The molecule has 0 amide bonds. The zero-order chi connectivity index (χ0) is 14.4. The Morgan fingerprint density at radius 3 is 3.00 bits per heavy atom. The third kappa shape index (κ3) is 3.59. The van der Waals surface area contributed by atoms with Crippen LogP contribution in [0.25, 0.3) is 11.3 Å². The molecule has 1 aromatic carbocycles. The van der Waals surface area contributed by atoms with Crippen molar-refractivity contribution in [2.45, 2.75) is 6.42 Å². The van der Waals surface area contributed by atoms with E-state index in [2.05, 4.69) is 11.6 Å². The fourth-order valence-electron chi connectivity index (χ4n) is 1.74. The highest BCUT2D eigenvalue weighted by atomic mass is 32.1. The van der Waals surface area contributed by atoms with Gasteiger partial charge < -0.3 is 15.2 Å². The summed E-state index contributed by atoms with van der Waals surface area (Å²) in [6, 6.07) is 5.71. The van der Waals surface area contributed by atoms with Gasteiger partial charge in [-0.05, 0) is 18.2 Å². The van der Waals surface area contributed by atoms with Gasteiger partial charge in [-0.2, -0.15) is 0 Å². The predicted molar refractivity (Wildman–Crippen MR) is 83.2 cm³/mol. The van der Waals surface area contributed by atoms with E-state index in [4.69, 9.17) is 15.2 Å². The topological polar surface area (TPSA) is 57.4 Å². The summed E-state index contributed by atoms with van der Waals surface area (Å²) in [4.78, 5) is 4.58. The van der Waals surface area contributed by atoms with Crippen molar-refractivity contribution < 1.29 is 9.47 Å². The fraction of sp³-hybridized carbons (Fsp3) is 0.267. The maximum absolute atomic E-state index is 5.98. The van der Waals surface area contributed by atoms with Gasteiger partial charge in [0.25, 0.3) is 0 Å². The van der Waals surface area contributed by atoms with Gasteiger partial charge in [0.2, 0.25) is 0 Å². The van der Waals surface area contributed by atoms with Crippen LogP contribution < -0.4 is 10.5 Å². The van der Waals surface area contributed by atoms with Crippen molar-refractivity contribution in [2.75, 3.05) is 26.1 Å². The Labute approximate surface area is 122 Å². The number of methoxy groups -OCH3 is 1. The van der Waals surface area contributed by atoms with Crippen molar-refractivity contribution in [3.63, 3.8) is 0 Å². The van der Waals surface area contributed by atoms with Gasteiger partial charge in [-0.25, -0.2) is 4.98 Å². The lowest BCUT2D eigenvalue weighted by Gasteiger charge is -2.07. The highest BCUT2D eigenvalue weighted by molar-refractivity contribution is 7.09. The molecule has 0 bridgehead atoms. The Morgan fingerprint density at radius 2 is 2.30 bits per heavy atom. The lowest BCUT2D eigenvalue weighted by atomic mass is 10.1. The van der Waals surface area contributed by atoms with Crippen LogP contribution in [0.15, 0.2) is 36.2 Å². The maximum Gasteiger partial charge on any atom is 0.142 e. The Kier molecular flexibility index (Phi) is 5.15. The summed E-state index contributed by atoms with van der Waals surface area (Å²) in [5.41, 5.74) is 8.52. The zero-order valence-electron chi connectivity index (χ0n) is 11.5. The Hall–Kier alpha value is -1.85. The first kappa shape index (κ1) is 14.6. The average Bonchev–Trinajstić information content (AvgIpc) is 2.92. The van der Waals surface area contributed by atoms with Gasteiger partial charge in [-0.3, -0.25) is 0 Å². The summed E-state index contributed by atoms with van der Waals surface area (Å²) in [5.74, 6) is 0.670. The molecule has 1 aromatic heterocycles. The fourth-order valence-corrected chi connectivity index (χ4v) is 2.52. The summed E-state index contributed by atoms with van der Waals surface area (Å²) in [5, 5.41) is 3.09.